The first-order valence-electron chi connectivity index (χ1n) is 11.0. The van der Waals surface area contributed by atoms with Gasteiger partial charge in [-0.1, -0.05) is 29.4 Å². The Labute approximate surface area is 200 Å². The van der Waals surface area contributed by atoms with E-state index in [4.69, 9.17) is 21.0 Å². The summed E-state index contributed by atoms with van der Waals surface area (Å²) in [7, 11) is 0. The van der Waals surface area contributed by atoms with Crippen molar-refractivity contribution in [2.24, 2.45) is 5.16 Å². The lowest BCUT2D eigenvalue weighted by molar-refractivity contribution is 0.0636. The summed E-state index contributed by atoms with van der Waals surface area (Å²) in [5.41, 5.74) is 18.6. The van der Waals surface area contributed by atoms with Gasteiger partial charge in [-0.15, -0.1) is 0 Å². The monoisotopic (exact) mass is 460 g/mol. The van der Waals surface area contributed by atoms with Crippen molar-refractivity contribution in [3.63, 3.8) is 0 Å². The fourth-order valence-electron chi connectivity index (χ4n) is 3.32. The van der Waals surface area contributed by atoms with Crippen molar-refractivity contribution in [2.45, 2.75) is 46.8 Å². The lowest BCUT2D eigenvalue weighted by Crippen LogP contribution is -2.27. The number of amides is 1. The summed E-state index contributed by atoms with van der Waals surface area (Å²) in [5, 5.41) is 7.11. The molecule has 0 aliphatic carbocycles. The highest BCUT2D eigenvalue weighted by Crippen LogP contribution is 2.31. The largest absolute Gasteiger partial charge is 0.444 e. The highest BCUT2D eigenvalue weighted by molar-refractivity contribution is 6.05. The summed E-state index contributed by atoms with van der Waals surface area (Å²) in [4.78, 5) is 17.8. The summed E-state index contributed by atoms with van der Waals surface area (Å²) in [6.07, 6.45) is -0.507. The maximum atomic E-state index is 12.2. The Morgan fingerprint density at radius 3 is 2.41 bits per heavy atom. The lowest BCUT2D eigenvalue weighted by Gasteiger charge is -2.20. The molecule has 0 saturated carbocycles. The van der Waals surface area contributed by atoms with E-state index in [9.17, 15) is 4.79 Å². The second-order valence-corrected chi connectivity index (χ2v) is 9.15. The third-order valence-electron chi connectivity index (χ3n) is 5.03. The Morgan fingerprint density at radius 1 is 1.03 bits per heavy atom. The molecule has 0 spiro atoms. The van der Waals surface area contributed by atoms with Crippen LogP contribution in [0.4, 0.5) is 21.9 Å². The van der Waals surface area contributed by atoms with Gasteiger partial charge in [0, 0.05) is 22.6 Å². The molecule has 7 heteroatoms. The number of nitrogens with zero attached hydrogens (tertiary/aromatic N) is 1. The predicted molar refractivity (Wildman–Crippen MR) is 139 cm³/mol. The molecule has 0 aromatic heterocycles. The van der Waals surface area contributed by atoms with E-state index < -0.39 is 11.7 Å². The van der Waals surface area contributed by atoms with Gasteiger partial charge < -0.3 is 21.0 Å². The molecular formula is C27H32N4O3. The first kappa shape index (κ1) is 24.6. The van der Waals surface area contributed by atoms with E-state index in [-0.39, 0.29) is 0 Å². The van der Waals surface area contributed by atoms with Gasteiger partial charge in [-0.3, -0.25) is 5.32 Å². The number of aryl methyl sites for hydroxylation is 1. The van der Waals surface area contributed by atoms with Gasteiger partial charge >= 0.3 is 6.09 Å². The number of carbonyl (C=O) groups is 1. The van der Waals surface area contributed by atoms with E-state index in [0.717, 1.165) is 27.8 Å². The Morgan fingerprint density at radius 2 is 1.74 bits per heavy atom. The standard InChI is InChI=1S/C27H32N4O3/c1-17-13-24(20-7-6-8-22(14-20)30-26(32)34-27(3,4)5)23(15-25(17)29)18(2)31-33-16-19-9-11-21(28)12-10-19/h6-15H,16,28-29H2,1-5H3,(H,30,32)/b31-18+. The van der Waals surface area contributed by atoms with E-state index in [1.165, 1.54) is 0 Å². The SMILES string of the molecule is C/C(=N\OCc1ccc(N)cc1)c1cc(N)c(C)cc1-c1cccc(NC(=O)OC(C)(C)C)c1. The van der Waals surface area contributed by atoms with Crippen LogP contribution in [0.25, 0.3) is 11.1 Å². The molecule has 0 heterocycles. The molecule has 0 unspecified atom stereocenters. The van der Waals surface area contributed by atoms with Crippen molar-refractivity contribution >= 4 is 28.9 Å². The van der Waals surface area contributed by atoms with Gasteiger partial charge in [-0.2, -0.15) is 0 Å². The molecule has 0 fully saturated rings. The predicted octanol–water partition coefficient (Wildman–Crippen LogP) is 6.11. The molecule has 0 bridgehead atoms. The normalized spacial score (nSPS) is 11.7. The Bertz CT molecular complexity index is 1200. The fourth-order valence-corrected chi connectivity index (χ4v) is 3.32. The number of hydrogen-bond acceptors (Lipinski definition) is 6. The zero-order chi connectivity index (χ0) is 24.9. The van der Waals surface area contributed by atoms with Crippen molar-refractivity contribution in [3.8, 4) is 11.1 Å². The van der Waals surface area contributed by atoms with Crippen molar-refractivity contribution < 1.29 is 14.4 Å². The maximum Gasteiger partial charge on any atom is 0.412 e. The van der Waals surface area contributed by atoms with E-state index in [1.54, 1.807) is 0 Å². The molecule has 3 rings (SSSR count). The van der Waals surface area contributed by atoms with Crippen LogP contribution in [0.2, 0.25) is 0 Å². The van der Waals surface area contributed by atoms with Crippen LogP contribution in [0.5, 0.6) is 0 Å². The number of hydrogen-bond donors (Lipinski definition) is 3. The van der Waals surface area contributed by atoms with Crippen LogP contribution in [0, 0.1) is 6.92 Å². The van der Waals surface area contributed by atoms with Crippen LogP contribution in [-0.4, -0.2) is 17.4 Å². The number of rotatable bonds is 6. The average molecular weight is 461 g/mol. The quantitative estimate of drug-likeness (QED) is 0.233. The summed E-state index contributed by atoms with van der Waals surface area (Å²) in [6, 6.07) is 18.9. The van der Waals surface area contributed by atoms with Gasteiger partial charge in [-0.25, -0.2) is 4.79 Å². The zero-order valence-corrected chi connectivity index (χ0v) is 20.3. The summed E-state index contributed by atoms with van der Waals surface area (Å²) in [5.74, 6) is 0. The number of nitrogens with two attached hydrogens (primary N) is 2. The van der Waals surface area contributed by atoms with Crippen LogP contribution in [0.1, 0.15) is 44.4 Å². The zero-order valence-electron chi connectivity index (χ0n) is 20.3. The molecule has 0 atom stereocenters. The van der Waals surface area contributed by atoms with Crippen LogP contribution in [0.15, 0.2) is 65.8 Å². The van der Waals surface area contributed by atoms with Crippen LogP contribution < -0.4 is 16.8 Å². The van der Waals surface area contributed by atoms with Crippen LogP contribution in [-0.2, 0) is 16.2 Å². The minimum atomic E-state index is -0.580. The van der Waals surface area contributed by atoms with E-state index in [1.807, 2.05) is 95.3 Å². The molecular weight excluding hydrogens is 428 g/mol. The molecule has 0 aliphatic heterocycles. The Hall–Kier alpha value is -4.00. The second kappa shape index (κ2) is 10.3. The van der Waals surface area contributed by atoms with E-state index in [2.05, 4.69) is 10.5 Å². The fraction of sp³-hybridized carbons (Fsp3) is 0.259. The Kier molecular flexibility index (Phi) is 7.46. The molecule has 0 radical (unpaired) electrons. The molecule has 34 heavy (non-hydrogen) atoms. The summed E-state index contributed by atoms with van der Waals surface area (Å²) >= 11 is 0. The number of ether oxygens (including phenoxy) is 1. The van der Waals surface area contributed by atoms with Gasteiger partial charge in [-0.05, 0) is 93.3 Å². The maximum absolute atomic E-state index is 12.2. The minimum Gasteiger partial charge on any atom is -0.444 e. The third kappa shape index (κ3) is 6.75. The van der Waals surface area contributed by atoms with Gasteiger partial charge in [0.05, 0.1) is 5.71 Å². The van der Waals surface area contributed by atoms with Crippen molar-refractivity contribution in [3.05, 3.63) is 77.4 Å². The third-order valence-corrected chi connectivity index (χ3v) is 5.03. The van der Waals surface area contributed by atoms with Crippen molar-refractivity contribution in [1.29, 1.82) is 0 Å². The second-order valence-electron chi connectivity index (χ2n) is 9.15. The lowest BCUT2D eigenvalue weighted by atomic mass is 9.94. The molecule has 0 saturated heterocycles. The number of benzene rings is 3. The average Bonchev–Trinajstić information content (AvgIpc) is 2.75. The highest BCUT2D eigenvalue weighted by Gasteiger charge is 2.17. The number of carbonyl (C=O) groups excluding carboxylic acids is 1. The molecule has 3 aromatic carbocycles. The topological polar surface area (TPSA) is 112 Å². The summed E-state index contributed by atoms with van der Waals surface area (Å²) < 4.78 is 5.36. The number of nitrogens with one attached hydrogen (secondary N) is 1. The van der Waals surface area contributed by atoms with Crippen LogP contribution >= 0.6 is 0 Å². The molecule has 7 nitrogen and oxygen atoms in total. The molecule has 3 aromatic rings. The van der Waals surface area contributed by atoms with E-state index in [0.29, 0.717) is 29.4 Å². The van der Waals surface area contributed by atoms with E-state index >= 15 is 0 Å². The van der Waals surface area contributed by atoms with Gasteiger partial charge in [0.1, 0.15) is 12.2 Å². The minimum absolute atomic E-state index is 0.323. The number of anilines is 3. The van der Waals surface area contributed by atoms with Gasteiger partial charge in [0.2, 0.25) is 0 Å². The first-order chi connectivity index (χ1) is 16.0. The molecule has 0 aliphatic rings. The Balaban J connectivity index is 1.86. The molecule has 1 amide bonds. The smallest absolute Gasteiger partial charge is 0.412 e. The summed E-state index contributed by atoms with van der Waals surface area (Å²) in [6.45, 7) is 9.62. The van der Waals surface area contributed by atoms with Crippen molar-refractivity contribution in [1.82, 2.24) is 0 Å². The van der Waals surface area contributed by atoms with Crippen molar-refractivity contribution in [2.75, 3.05) is 16.8 Å². The number of oxime groups is 1. The van der Waals surface area contributed by atoms with Gasteiger partial charge in [0.25, 0.3) is 0 Å². The van der Waals surface area contributed by atoms with Gasteiger partial charge in [0.15, 0.2) is 0 Å². The molecule has 5 N–H and O–H groups in total. The highest BCUT2D eigenvalue weighted by atomic mass is 16.6. The number of nitrogen functional groups attached to an aromatic ring is 2. The molecule has 178 valence electrons. The first-order valence-corrected chi connectivity index (χ1v) is 11.0. The van der Waals surface area contributed by atoms with Crippen LogP contribution in [0.3, 0.4) is 0 Å².